The number of anilines is 1. The third-order valence-electron chi connectivity index (χ3n) is 3.44. The Bertz CT molecular complexity index is 540. The van der Waals surface area contributed by atoms with Crippen molar-refractivity contribution in [3.05, 3.63) is 36.5 Å². The second kappa shape index (κ2) is 5.57. The summed E-state index contributed by atoms with van der Waals surface area (Å²) < 4.78 is 0. The van der Waals surface area contributed by atoms with E-state index in [1.807, 2.05) is 30.5 Å². The number of rotatable bonds is 4. The number of pyridine rings is 1. The molecule has 0 saturated carbocycles. The molecule has 102 valence electrons. The summed E-state index contributed by atoms with van der Waals surface area (Å²) >= 11 is 0. The van der Waals surface area contributed by atoms with E-state index in [9.17, 15) is 5.11 Å². The number of aliphatic hydroxyl groups excluding tert-OH is 1. The number of hydrogen-bond acceptors (Lipinski definition) is 3. The van der Waals surface area contributed by atoms with Crippen LogP contribution in [0.25, 0.3) is 10.9 Å². The fourth-order valence-corrected chi connectivity index (χ4v) is 2.26. The Hall–Kier alpha value is -1.61. The van der Waals surface area contributed by atoms with E-state index in [4.69, 9.17) is 0 Å². The summed E-state index contributed by atoms with van der Waals surface area (Å²) in [5, 5.41) is 13.9. The summed E-state index contributed by atoms with van der Waals surface area (Å²) in [5.41, 5.74) is 2.16. The molecule has 0 fully saturated rings. The first-order chi connectivity index (χ1) is 9.02. The third kappa shape index (κ3) is 3.24. The van der Waals surface area contributed by atoms with Crippen molar-refractivity contribution < 1.29 is 5.11 Å². The molecular weight excluding hydrogens is 236 g/mol. The number of para-hydroxylation sites is 1. The molecular formula is C16H22N2O. The van der Waals surface area contributed by atoms with Gasteiger partial charge in [-0.2, -0.15) is 0 Å². The lowest BCUT2D eigenvalue weighted by atomic mass is 9.84. The molecule has 0 amide bonds. The molecule has 2 aromatic rings. The average molecular weight is 258 g/mol. The summed E-state index contributed by atoms with van der Waals surface area (Å²) in [5.74, 6) is 0. The smallest absolute Gasteiger partial charge is 0.0722 e. The van der Waals surface area contributed by atoms with Crippen molar-refractivity contribution in [3.8, 4) is 0 Å². The highest BCUT2D eigenvalue weighted by Gasteiger charge is 2.24. The molecule has 0 aliphatic heterocycles. The van der Waals surface area contributed by atoms with Crippen molar-refractivity contribution in [1.29, 1.82) is 0 Å². The Kier molecular flexibility index (Phi) is 4.05. The standard InChI is InChI=1S/C16H22N2O/c1-16(2,3)15(9-11-19)18-14-8-10-17-13-7-5-4-6-12(13)14/h4-8,10,15,19H,9,11H2,1-3H3,(H,17,18). The van der Waals surface area contributed by atoms with E-state index in [1.54, 1.807) is 0 Å². The number of nitrogens with one attached hydrogen (secondary N) is 1. The molecule has 0 bridgehead atoms. The van der Waals surface area contributed by atoms with Crippen LogP contribution >= 0.6 is 0 Å². The number of aromatic nitrogens is 1. The highest BCUT2D eigenvalue weighted by atomic mass is 16.3. The maximum absolute atomic E-state index is 9.24. The van der Waals surface area contributed by atoms with Gasteiger partial charge in [0.15, 0.2) is 0 Å². The van der Waals surface area contributed by atoms with Gasteiger partial charge in [0.2, 0.25) is 0 Å². The number of nitrogens with zero attached hydrogens (tertiary/aromatic N) is 1. The van der Waals surface area contributed by atoms with Gasteiger partial charge in [0.05, 0.1) is 5.52 Å². The van der Waals surface area contributed by atoms with Crippen molar-refractivity contribution in [3.63, 3.8) is 0 Å². The second-order valence-electron chi connectivity index (χ2n) is 5.95. The fraction of sp³-hybridized carbons (Fsp3) is 0.438. The number of benzene rings is 1. The quantitative estimate of drug-likeness (QED) is 0.883. The molecule has 2 rings (SSSR count). The van der Waals surface area contributed by atoms with Crippen molar-refractivity contribution in [1.82, 2.24) is 4.98 Å². The van der Waals surface area contributed by atoms with E-state index in [2.05, 4.69) is 37.1 Å². The molecule has 1 aromatic heterocycles. The summed E-state index contributed by atoms with van der Waals surface area (Å²) in [4.78, 5) is 4.37. The molecule has 3 heteroatoms. The van der Waals surface area contributed by atoms with E-state index in [-0.39, 0.29) is 18.1 Å². The van der Waals surface area contributed by atoms with Crippen LogP contribution < -0.4 is 5.32 Å². The molecule has 0 saturated heterocycles. The molecule has 2 N–H and O–H groups in total. The summed E-state index contributed by atoms with van der Waals surface area (Å²) in [6, 6.07) is 10.3. The van der Waals surface area contributed by atoms with Crippen molar-refractivity contribution in [2.45, 2.75) is 33.2 Å². The van der Waals surface area contributed by atoms with Gasteiger partial charge >= 0.3 is 0 Å². The molecule has 0 spiro atoms. The van der Waals surface area contributed by atoms with Crippen LogP contribution in [0.3, 0.4) is 0 Å². The molecule has 0 aliphatic carbocycles. The van der Waals surface area contributed by atoms with Gasteiger partial charge in [-0.25, -0.2) is 0 Å². The molecule has 1 heterocycles. The lowest BCUT2D eigenvalue weighted by Crippen LogP contribution is -2.34. The van der Waals surface area contributed by atoms with Crippen LogP contribution in [-0.2, 0) is 0 Å². The van der Waals surface area contributed by atoms with Gasteiger partial charge < -0.3 is 10.4 Å². The lowest BCUT2D eigenvalue weighted by molar-refractivity contribution is 0.235. The Morgan fingerprint density at radius 1 is 1.21 bits per heavy atom. The van der Waals surface area contributed by atoms with E-state index in [1.165, 1.54) is 0 Å². The zero-order valence-electron chi connectivity index (χ0n) is 11.9. The second-order valence-corrected chi connectivity index (χ2v) is 5.95. The number of aliphatic hydroxyl groups is 1. The van der Waals surface area contributed by atoms with E-state index < -0.39 is 0 Å². The topological polar surface area (TPSA) is 45.1 Å². The monoisotopic (exact) mass is 258 g/mol. The van der Waals surface area contributed by atoms with Crippen LogP contribution in [0.5, 0.6) is 0 Å². The van der Waals surface area contributed by atoms with Crippen LogP contribution in [0.15, 0.2) is 36.5 Å². The molecule has 1 aromatic carbocycles. The Labute approximate surface area is 114 Å². The highest BCUT2D eigenvalue weighted by Crippen LogP contribution is 2.28. The predicted octanol–water partition coefficient (Wildman–Crippen LogP) is 3.44. The Morgan fingerprint density at radius 3 is 2.63 bits per heavy atom. The van der Waals surface area contributed by atoms with Crippen molar-refractivity contribution in [2.75, 3.05) is 11.9 Å². The Balaban J connectivity index is 2.34. The molecule has 19 heavy (non-hydrogen) atoms. The lowest BCUT2D eigenvalue weighted by Gasteiger charge is -2.32. The van der Waals surface area contributed by atoms with Crippen molar-refractivity contribution in [2.24, 2.45) is 5.41 Å². The summed E-state index contributed by atoms with van der Waals surface area (Å²) in [6.45, 7) is 6.75. The van der Waals surface area contributed by atoms with Crippen LogP contribution in [0, 0.1) is 5.41 Å². The minimum Gasteiger partial charge on any atom is -0.396 e. The van der Waals surface area contributed by atoms with Gasteiger partial charge in [0.25, 0.3) is 0 Å². The predicted molar refractivity (Wildman–Crippen MR) is 80.3 cm³/mol. The van der Waals surface area contributed by atoms with E-state index >= 15 is 0 Å². The zero-order chi connectivity index (χ0) is 13.9. The van der Waals surface area contributed by atoms with Crippen LogP contribution in [0.2, 0.25) is 0 Å². The first-order valence-corrected chi connectivity index (χ1v) is 6.73. The van der Waals surface area contributed by atoms with Gasteiger partial charge in [0, 0.05) is 29.9 Å². The Morgan fingerprint density at radius 2 is 1.95 bits per heavy atom. The minimum absolute atomic E-state index is 0.0904. The molecule has 0 aliphatic rings. The number of fused-ring (bicyclic) bond motifs is 1. The number of hydrogen-bond donors (Lipinski definition) is 2. The largest absolute Gasteiger partial charge is 0.396 e. The van der Waals surface area contributed by atoms with Gasteiger partial charge in [-0.3, -0.25) is 4.98 Å². The normalized spacial score (nSPS) is 13.5. The van der Waals surface area contributed by atoms with Gasteiger partial charge in [-0.1, -0.05) is 39.0 Å². The van der Waals surface area contributed by atoms with Gasteiger partial charge in [-0.15, -0.1) is 0 Å². The minimum atomic E-state index is 0.0904. The zero-order valence-corrected chi connectivity index (χ0v) is 11.9. The summed E-state index contributed by atoms with van der Waals surface area (Å²) in [7, 11) is 0. The highest BCUT2D eigenvalue weighted by molar-refractivity contribution is 5.90. The first kappa shape index (κ1) is 13.8. The molecule has 3 nitrogen and oxygen atoms in total. The molecule has 1 atom stereocenters. The maximum atomic E-state index is 9.24. The molecule has 1 unspecified atom stereocenters. The van der Waals surface area contributed by atoms with Crippen LogP contribution in [0.1, 0.15) is 27.2 Å². The van der Waals surface area contributed by atoms with Gasteiger partial charge in [-0.05, 0) is 24.0 Å². The average Bonchev–Trinajstić information content (AvgIpc) is 2.37. The molecule has 0 radical (unpaired) electrons. The third-order valence-corrected chi connectivity index (χ3v) is 3.44. The van der Waals surface area contributed by atoms with Crippen molar-refractivity contribution >= 4 is 16.6 Å². The van der Waals surface area contributed by atoms with E-state index in [0.29, 0.717) is 0 Å². The summed E-state index contributed by atoms with van der Waals surface area (Å²) in [6.07, 6.45) is 2.56. The van der Waals surface area contributed by atoms with Crippen LogP contribution in [-0.4, -0.2) is 22.7 Å². The van der Waals surface area contributed by atoms with Crippen LogP contribution in [0.4, 0.5) is 5.69 Å². The SMILES string of the molecule is CC(C)(C)C(CCO)Nc1ccnc2ccccc12. The first-order valence-electron chi connectivity index (χ1n) is 6.73. The van der Waals surface area contributed by atoms with Gasteiger partial charge in [0.1, 0.15) is 0 Å². The maximum Gasteiger partial charge on any atom is 0.0722 e. The van der Waals surface area contributed by atoms with E-state index in [0.717, 1.165) is 23.0 Å². The fourth-order valence-electron chi connectivity index (χ4n) is 2.26.